The molecule has 0 aliphatic heterocycles. The van der Waals surface area contributed by atoms with Crippen LogP contribution in [0, 0.1) is 0 Å². The lowest BCUT2D eigenvalue weighted by molar-refractivity contribution is 0.744. The third-order valence-electron chi connectivity index (χ3n) is 4.88. The molecule has 0 aromatic heterocycles. The van der Waals surface area contributed by atoms with Crippen LogP contribution in [0.15, 0.2) is 66.7 Å². The van der Waals surface area contributed by atoms with E-state index in [0.29, 0.717) is 0 Å². The minimum Gasteiger partial charge on any atom is -0.385 e. The molecule has 1 heteroatoms. The zero-order valence-electron chi connectivity index (χ0n) is 14.2. The maximum absolute atomic E-state index is 3.62. The molecule has 4 aromatic carbocycles. The monoisotopic (exact) mass is 313 g/mol. The van der Waals surface area contributed by atoms with E-state index in [9.17, 15) is 0 Å². The molecule has 4 rings (SSSR count). The van der Waals surface area contributed by atoms with E-state index < -0.39 is 0 Å². The van der Waals surface area contributed by atoms with Gasteiger partial charge in [-0.05, 0) is 39.4 Å². The standard InChI is InChI=1S/C23H23N/c1-2-3-6-16-24-23-11-7-10-19-21-13-12-17-8-4-5-9-18(17)20(21)14-15-22(19)23/h4-5,7-15,24H,2-3,6,16H2,1H3. The van der Waals surface area contributed by atoms with Crippen molar-refractivity contribution < 1.29 is 0 Å². The van der Waals surface area contributed by atoms with Gasteiger partial charge in [0, 0.05) is 17.6 Å². The summed E-state index contributed by atoms with van der Waals surface area (Å²) in [7, 11) is 0. The topological polar surface area (TPSA) is 12.0 Å². The highest BCUT2D eigenvalue weighted by Crippen LogP contribution is 2.34. The fourth-order valence-corrected chi connectivity index (χ4v) is 3.61. The lowest BCUT2D eigenvalue weighted by Crippen LogP contribution is -2.01. The van der Waals surface area contributed by atoms with Crippen molar-refractivity contribution in [1.29, 1.82) is 0 Å². The second kappa shape index (κ2) is 6.52. The SMILES string of the molecule is CCCCCNc1cccc2c1ccc1c3ccccc3ccc21. The Morgan fingerprint density at radius 2 is 1.33 bits per heavy atom. The van der Waals surface area contributed by atoms with Crippen molar-refractivity contribution in [1.82, 2.24) is 0 Å². The molecule has 1 nitrogen and oxygen atoms in total. The molecule has 0 aliphatic carbocycles. The molecule has 1 N–H and O–H groups in total. The van der Waals surface area contributed by atoms with Gasteiger partial charge in [-0.15, -0.1) is 0 Å². The number of hydrogen-bond acceptors (Lipinski definition) is 1. The Morgan fingerprint density at radius 1 is 0.625 bits per heavy atom. The molecular weight excluding hydrogens is 290 g/mol. The van der Waals surface area contributed by atoms with Crippen molar-refractivity contribution in [3.05, 3.63) is 66.7 Å². The van der Waals surface area contributed by atoms with E-state index in [2.05, 4.69) is 79.0 Å². The molecule has 0 spiro atoms. The summed E-state index contributed by atoms with van der Waals surface area (Å²) in [5.41, 5.74) is 1.25. The second-order valence-electron chi connectivity index (χ2n) is 6.48. The number of anilines is 1. The number of nitrogens with one attached hydrogen (secondary N) is 1. The van der Waals surface area contributed by atoms with E-state index >= 15 is 0 Å². The van der Waals surface area contributed by atoms with Crippen molar-refractivity contribution in [2.75, 3.05) is 11.9 Å². The highest BCUT2D eigenvalue weighted by atomic mass is 14.9. The quantitative estimate of drug-likeness (QED) is 0.317. The first-order valence-electron chi connectivity index (χ1n) is 8.95. The summed E-state index contributed by atoms with van der Waals surface area (Å²) < 4.78 is 0. The highest BCUT2D eigenvalue weighted by Gasteiger charge is 2.06. The Hall–Kier alpha value is -2.54. The van der Waals surface area contributed by atoms with Gasteiger partial charge in [0.2, 0.25) is 0 Å². The van der Waals surface area contributed by atoms with E-state index in [1.807, 2.05) is 0 Å². The molecule has 0 amide bonds. The molecular formula is C23H23N. The summed E-state index contributed by atoms with van der Waals surface area (Å²) in [6.45, 7) is 3.29. The first-order chi connectivity index (χ1) is 11.9. The smallest absolute Gasteiger partial charge is 0.0420 e. The molecule has 0 unspecified atom stereocenters. The van der Waals surface area contributed by atoms with Gasteiger partial charge in [-0.1, -0.05) is 80.4 Å². The van der Waals surface area contributed by atoms with E-state index in [1.165, 1.54) is 57.3 Å². The number of rotatable bonds is 5. The van der Waals surface area contributed by atoms with Gasteiger partial charge in [0.05, 0.1) is 0 Å². The summed E-state index contributed by atoms with van der Waals surface area (Å²) in [4.78, 5) is 0. The van der Waals surface area contributed by atoms with Gasteiger partial charge >= 0.3 is 0 Å². The fraction of sp³-hybridized carbons (Fsp3) is 0.217. The van der Waals surface area contributed by atoms with Crippen molar-refractivity contribution in [2.24, 2.45) is 0 Å². The number of unbranched alkanes of at least 4 members (excludes halogenated alkanes) is 2. The Labute approximate surface area is 143 Å². The molecule has 120 valence electrons. The molecule has 0 bridgehead atoms. The Morgan fingerprint density at radius 3 is 2.25 bits per heavy atom. The average Bonchev–Trinajstić information content (AvgIpc) is 2.64. The van der Waals surface area contributed by atoms with Crippen LogP contribution in [0.3, 0.4) is 0 Å². The van der Waals surface area contributed by atoms with E-state index in [4.69, 9.17) is 0 Å². The molecule has 0 radical (unpaired) electrons. The lowest BCUT2D eigenvalue weighted by Gasteiger charge is -2.12. The predicted octanol–water partition coefficient (Wildman–Crippen LogP) is 6.75. The minimum absolute atomic E-state index is 1.04. The molecule has 4 aromatic rings. The van der Waals surface area contributed by atoms with Crippen molar-refractivity contribution >= 4 is 38.0 Å². The zero-order valence-corrected chi connectivity index (χ0v) is 14.2. The summed E-state index contributed by atoms with van der Waals surface area (Å²) in [5.74, 6) is 0. The van der Waals surface area contributed by atoms with Crippen LogP contribution >= 0.6 is 0 Å². The minimum atomic E-state index is 1.04. The highest BCUT2D eigenvalue weighted by molar-refractivity contribution is 6.18. The van der Waals surface area contributed by atoms with Crippen LogP contribution in [0.2, 0.25) is 0 Å². The van der Waals surface area contributed by atoms with Crippen molar-refractivity contribution in [3.8, 4) is 0 Å². The second-order valence-corrected chi connectivity index (χ2v) is 6.48. The first kappa shape index (κ1) is 15.0. The first-order valence-corrected chi connectivity index (χ1v) is 8.95. The zero-order chi connectivity index (χ0) is 16.4. The van der Waals surface area contributed by atoms with Crippen LogP contribution in [0.25, 0.3) is 32.3 Å². The molecule has 0 aliphatic rings. The van der Waals surface area contributed by atoms with Gasteiger partial charge in [0.15, 0.2) is 0 Å². The number of fused-ring (bicyclic) bond motifs is 5. The Kier molecular flexibility index (Phi) is 4.08. The number of benzene rings is 4. The van der Waals surface area contributed by atoms with Crippen LogP contribution in [-0.2, 0) is 0 Å². The van der Waals surface area contributed by atoms with Gasteiger partial charge in [-0.25, -0.2) is 0 Å². The van der Waals surface area contributed by atoms with Gasteiger partial charge in [0.25, 0.3) is 0 Å². The molecule has 0 saturated heterocycles. The fourth-order valence-electron chi connectivity index (χ4n) is 3.61. The van der Waals surface area contributed by atoms with Gasteiger partial charge in [-0.3, -0.25) is 0 Å². The molecule has 0 fully saturated rings. The molecule has 0 heterocycles. The van der Waals surface area contributed by atoms with Crippen LogP contribution < -0.4 is 5.32 Å². The van der Waals surface area contributed by atoms with Crippen LogP contribution in [0.4, 0.5) is 5.69 Å². The molecule has 0 atom stereocenters. The maximum Gasteiger partial charge on any atom is 0.0420 e. The third kappa shape index (κ3) is 2.60. The van der Waals surface area contributed by atoms with Gasteiger partial charge < -0.3 is 5.32 Å². The van der Waals surface area contributed by atoms with Crippen molar-refractivity contribution in [3.63, 3.8) is 0 Å². The summed E-state index contributed by atoms with van der Waals surface area (Å²) in [6.07, 6.45) is 3.77. The average molecular weight is 313 g/mol. The van der Waals surface area contributed by atoms with Gasteiger partial charge in [-0.2, -0.15) is 0 Å². The maximum atomic E-state index is 3.62. The van der Waals surface area contributed by atoms with Crippen LogP contribution in [0.1, 0.15) is 26.2 Å². The summed E-state index contributed by atoms with van der Waals surface area (Å²) in [6, 6.07) is 24.3. The number of hydrogen-bond donors (Lipinski definition) is 1. The lowest BCUT2D eigenvalue weighted by atomic mass is 9.96. The van der Waals surface area contributed by atoms with E-state index in [-0.39, 0.29) is 0 Å². The van der Waals surface area contributed by atoms with E-state index in [1.54, 1.807) is 0 Å². The molecule has 24 heavy (non-hydrogen) atoms. The summed E-state index contributed by atoms with van der Waals surface area (Å²) >= 11 is 0. The largest absolute Gasteiger partial charge is 0.385 e. The Bertz CT molecular complexity index is 1000. The van der Waals surface area contributed by atoms with Crippen LogP contribution in [-0.4, -0.2) is 6.54 Å². The third-order valence-corrected chi connectivity index (χ3v) is 4.88. The predicted molar refractivity (Wildman–Crippen MR) is 107 cm³/mol. The van der Waals surface area contributed by atoms with Crippen molar-refractivity contribution in [2.45, 2.75) is 26.2 Å². The Balaban J connectivity index is 1.85. The normalized spacial score (nSPS) is 11.4. The van der Waals surface area contributed by atoms with E-state index in [0.717, 1.165) is 6.54 Å². The van der Waals surface area contributed by atoms with Crippen LogP contribution in [0.5, 0.6) is 0 Å². The summed E-state index contributed by atoms with van der Waals surface area (Å²) in [5, 5.41) is 11.6. The molecule has 0 saturated carbocycles. The van der Waals surface area contributed by atoms with Gasteiger partial charge in [0.1, 0.15) is 0 Å².